The fraction of sp³-hybridized carbons (Fsp3) is 0.100. The third kappa shape index (κ3) is 3.71. The quantitative estimate of drug-likeness (QED) is 0.304. The molecule has 0 saturated heterocycles. The maximum Gasteiger partial charge on any atom is 0.374 e. The Hall–Kier alpha value is -4.54. The summed E-state index contributed by atoms with van der Waals surface area (Å²) in [4.78, 5) is 54.2. The van der Waals surface area contributed by atoms with Crippen molar-refractivity contribution >= 4 is 28.9 Å². The van der Waals surface area contributed by atoms with E-state index >= 15 is 0 Å². The van der Waals surface area contributed by atoms with E-state index in [1.807, 2.05) is 12.1 Å². The van der Waals surface area contributed by atoms with E-state index in [9.17, 15) is 19.2 Å². The summed E-state index contributed by atoms with van der Waals surface area (Å²) in [5.41, 5.74) is 6.08. The Kier molecular flexibility index (Phi) is 4.91. The van der Waals surface area contributed by atoms with Gasteiger partial charge in [-0.25, -0.2) is 9.78 Å². The second-order valence-corrected chi connectivity index (χ2v) is 6.72. The normalized spacial score (nSPS) is 11.0. The molecule has 0 spiro atoms. The largest absolute Gasteiger partial charge is 0.475 e. The number of carbonyl (C=O) groups is 2. The van der Waals surface area contributed by atoms with Gasteiger partial charge in [0, 0.05) is 19.3 Å². The van der Waals surface area contributed by atoms with Crippen LogP contribution < -0.4 is 27.2 Å². The molecule has 0 aliphatic rings. The van der Waals surface area contributed by atoms with E-state index in [1.54, 1.807) is 30.5 Å². The SMILES string of the molecule is Nc1c(NCc2cccc(CNC(=O)c3nc(C(=O)O)nc4cccn34)c2)c(=O)c1=O. The molecule has 11 heteroatoms. The molecular formula is C20H16N6O5. The van der Waals surface area contributed by atoms with Crippen molar-refractivity contribution in [2.45, 2.75) is 13.1 Å². The van der Waals surface area contributed by atoms with Gasteiger partial charge in [0.05, 0.1) is 0 Å². The van der Waals surface area contributed by atoms with Crippen LogP contribution in [0.5, 0.6) is 0 Å². The number of nitrogens with zero attached hydrogens (tertiary/aromatic N) is 3. The van der Waals surface area contributed by atoms with E-state index in [4.69, 9.17) is 10.8 Å². The molecule has 0 bridgehead atoms. The Morgan fingerprint density at radius 3 is 2.48 bits per heavy atom. The first-order valence-electron chi connectivity index (χ1n) is 9.12. The molecule has 0 atom stereocenters. The highest BCUT2D eigenvalue weighted by molar-refractivity contribution is 5.93. The summed E-state index contributed by atoms with van der Waals surface area (Å²) < 4.78 is 1.40. The zero-order chi connectivity index (χ0) is 22.1. The molecule has 2 aromatic carbocycles. The Balaban J connectivity index is 1.46. The Labute approximate surface area is 173 Å². The predicted octanol–water partition coefficient (Wildman–Crippen LogP) is 0.148. The van der Waals surface area contributed by atoms with Gasteiger partial charge in [-0.1, -0.05) is 24.3 Å². The number of hydrogen-bond acceptors (Lipinski definition) is 8. The van der Waals surface area contributed by atoms with Crippen LogP contribution in [0.4, 0.5) is 11.4 Å². The summed E-state index contributed by atoms with van der Waals surface area (Å²) in [5.74, 6) is -2.46. The van der Waals surface area contributed by atoms with Crippen molar-refractivity contribution in [1.82, 2.24) is 19.7 Å². The molecule has 4 rings (SSSR count). The lowest BCUT2D eigenvalue weighted by molar-refractivity contribution is 0.0683. The number of anilines is 2. The molecule has 2 heterocycles. The molecule has 0 saturated carbocycles. The molecule has 5 N–H and O–H groups in total. The van der Waals surface area contributed by atoms with E-state index in [-0.39, 0.29) is 30.3 Å². The van der Waals surface area contributed by atoms with Crippen molar-refractivity contribution < 1.29 is 14.7 Å². The van der Waals surface area contributed by atoms with Crippen molar-refractivity contribution in [3.63, 3.8) is 0 Å². The monoisotopic (exact) mass is 420 g/mol. The molecule has 11 nitrogen and oxygen atoms in total. The van der Waals surface area contributed by atoms with Gasteiger partial charge < -0.3 is 21.5 Å². The van der Waals surface area contributed by atoms with Gasteiger partial charge >= 0.3 is 5.97 Å². The number of aromatic nitrogens is 3. The molecular weight excluding hydrogens is 404 g/mol. The standard InChI is InChI=1S/C20H16N6O5/c21-13-14(16(28)15(13)27)22-8-10-3-1-4-11(7-10)9-23-19(29)18-25-17(20(30)31)24-12-5-2-6-26(12)18/h1-7,22H,8-9,21H2,(H,23,29)(H,30,31). The molecule has 2 aromatic heterocycles. The van der Waals surface area contributed by atoms with Crippen LogP contribution in [0.2, 0.25) is 0 Å². The number of amides is 1. The van der Waals surface area contributed by atoms with Crippen LogP contribution in [0.3, 0.4) is 0 Å². The van der Waals surface area contributed by atoms with Gasteiger partial charge in [0.25, 0.3) is 16.8 Å². The number of nitrogen functional groups attached to an aromatic ring is 1. The van der Waals surface area contributed by atoms with E-state index in [2.05, 4.69) is 20.6 Å². The molecule has 0 fully saturated rings. The lowest BCUT2D eigenvalue weighted by atomic mass is 10.1. The minimum atomic E-state index is -1.33. The molecule has 0 unspecified atom stereocenters. The van der Waals surface area contributed by atoms with Crippen LogP contribution in [0.25, 0.3) is 5.65 Å². The molecule has 31 heavy (non-hydrogen) atoms. The smallest absolute Gasteiger partial charge is 0.374 e. The fourth-order valence-corrected chi connectivity index (χ4v) is 3.07. The van der Waals surface area contributed by atoms with Crippen LogP contribution in [-0.4, -0.2) is 31.4 Å². The molecule has 0 radical (unpaired) electrons. The van der Waals surface area contributed by atoms with Gasteiger partial charge in [-0.15, -0.1) is 0 Å². The minimum absolute atomic E-state index is 0.0738. The highest BCUT2D eigenvalue weighted by Crippen LogP contribution is 2.13. The number of fused-ring (bicyclic) bond motifs is 1. The van der Waals surface area contributed by atoms with Gasteiger partial charge in [-0.05, 0) is 23.3 Å². The first-order valence-corrected chi connectivity index (χ1v) is 9.12. The van der Waals surface area contributed by atoms with Crippen LogP contribution in [0, 0.1) is 0 Å². The summed E-state index contributed by atoms with van der Waals surface area (Å²) in [6.07, 6.45) is 1.56. The summed E-state index contributed by atoms with van der Waals surface area (Å²) in [6, 6.07) is 10.4. The van der Waals surface area contributed by atoms with E-state index in [0.717, 1.165) is 11.1 Å². The zero-order valence-electron chi connectivity index (χ0n) is 16.0. The fourth-order valence-electron chi connectivity index (χ4n) is 3.07. The van der Waals surface area contributed by atoms with Gasteiger partial charge in [0.1, 0.15) is 17.0 Å². The van der Waals surface area contributed by atoms with Gasteiger partial charge in [0.2, 0.25) is 11.6 Å². The number of carboxylic acids is 1. The number of nitrogens with one attached hydrogen (secondary N) is 2. The van der Waals surface area contributed by atoms with E-state index < -0.39 is 28.6 Å². The third-order valence-corrected chi connectivity index (χ3v) is 4.64. The Bertz CT molecular complexity index is 1400. The summed E-state index contributed by atoms with van der Waals surface area (Å²) >= 11 is 0. The maximum absolute atomic E-state index is 12.6. The lowest BCUT2D eigenvalue weighted by Gasteiger charge is -2.11. The number of carboxylic acid groups (broad SMARTS) is 1. The number of aromatic carboxylic acids is 1. The van der Waals surface area contributed by atoms with Crippen LogP contribution in [0.15, 0.2) is 52.2 Å². The average molecular weight is 420 g/mol. The van der Waals surface area contributed by atoms with Gasteiger partial charge in [-0.3, -0.25) is 18.8 Å². The second kappa shape index (κ2) is 7.71. The summed E-state index contributed by atoms with van der Waals surface area (Å²) in [7, 11) is 0. The maximum atomic E-state index is 12.6. The van der Waals surface area contributed by atoms with Crippen LogP contribution in [-0.2, 0) is 13.1 Å². The topological polar surface area (TPSA) is 169 Å². The number of rotatable bonds is 7. The molecule has 4 aromatic rings. The number of nitrogens with two attached hydrogens (primary N) is 1. The number of carbonyl (C=O) groups excluding carboxylic acids is 1. The highest BCUT2D eigenvalue weighted by atomic mass is 16.4. The molecule has 156 valence electrons. The molecule has 0 aliphatic carbocycles. The van der Waals surface area contributed by atoms with E-state index in [0.29, 0.717) is 5.65 Å². The molecule has 1 amide bonds. The van der Waals surface area contributed by atoms with Gasteiger partial charge in [-0.2, -0.15) is 4.98 Å². The zero-order valence-corrected chi connectivity index (χ0v) is 16.0. The second-order valence-electron chi connectivity index (χ2n) is 6.72. The van der Waals surface area contributed by atoms with Gasteiger partial charge in [0.15, 0.2) is 0 Å². The van der Waals surface area contributed by atoms with Crippen molar-refractivity contribution in [2.24, 2.45) is 0 Å². The van der Waals surface area contributed by atoms with Crippen LogP contribution >= 0.6 is 0 Å². The average Bonchev–Trinajstić information content (AvgIpc) is 3.25. The minimum Gasteiger partial charge on any atom is -0.475 e. The first kappa shape index (κ1) is 19.8. The Morgan fingerprint density at radius 2 is 1.77 bits per heavy atom. The third-order valence-electron chi connectivity index (χ3n) is 4.64. The van der Waals surface area contributed by atoms with Crippen molar-refractivity contribution in [3.05, 3.63) is 85.8 Å². The Morgan fingerprint density at radius 1 is 1.03 bits per heavy atom. The number of benzene rings is 1. The van der Waals surface area contributed by atoms with Crippen molar-refractivity contribution in [1.29, 1.82) is 0 Å². The van der Waals surface area contributed by atoms with Crippen molar-refractivity contribution in [2.75, 3.05) is 11.1 Å². The lowest BCUT2D eigenvalue weighted by Crippen LogP contribution is -2.36. The van der Waals surface area contributed by atoms with Crippen LogP contribution in [0.1, 0.15) is 32.4 Å². The number of hydrogen-bond donors (Lipinski definition) is 4. The predicted molar refractivity (Wildman–Crippen MR) is 111 cm³/mol. The first-order chi connectivity index (χ1) is 14.8. The van der Waals surface area contributed by atoms with Crippen molar-refractivity contribution in [3.8, 4) is 0 Å². The van der Waals surface area contributed by atoms with E-state index in [1.165, 1.54) is 4.40 Å². The highest BCUT2D eigenvalue weighted by Gasteiger charge is 2.18. The molecule has 0 aliphatic heterocycles. The summed E-state index contributed by atoms with van der Waals surface area (Å²) in [6.45, 7) is 0.429. The summed E-state index contributed by atoms with van der Waals surface area (Å²) in [5, 5.41) is 14.7.